The predicted octanol–water partition coefficient (Wildman–Crippen LogP) is 4.75. The minimum atomic E-state index is -0.254. The van der Waals surface area contributed by atoms with Gasteiger partial charge in [0.15, 0.2) is 0 Å². The molecule has 6 nitrogen and oxygen atoms in total. The van der Waals surface area contributed by atoms with Crippen LogP contribution in [0, 0.1) is 11.8 Å². The van der Waals surface area contributed by atoms with E-state index >= 15 is 0 Å². The molecule has 0 saturated heterocycles. The van der Waals surface area contributed by atoms with E-state index in [1.165, 1.54) is 64.2 Å². The van der Waals surface area contributed by atoms with Gasteiger partial charge >= 0.3 is 11.9 Å². The summed E-state index contributed by atoms with van der Waals surface area (Å²) in [5.74, 6) is 0.954. The van der Waals surface area contributed by atoms with Crippen molar-refractivity contribution in [3.05, 3.63) is 0 Å². The number of nitrogens with one attached hydrogen (secondary N) is 2. The van der Waals surface area contributed by atoms with Crippen LogP contribution in [0.15, 0.2) is 0 Å². The number of carbonyl (C=O) groups excluding carboxylic acids is 2. The van der Waals surface area contributed by atoms with E-state index in [2.05, 4.69) is 10.6 Å². The highest BCUT2D eigenvalue weighted by molar-refractivity contribution is 5.76. The van der Waals surface area contributed by atoms with Gasteiger partial charge in [0.2, 0.25) is 0 Å². The van der Waals surface area contributed by atoms with Crippen LogP contribution >= 0.6 is 0 Å². The van der Waals surface area contributed by atoms with Crippen LogP contribution in [0.5, 0.6) is 0 Å². The van der Waals surface area contributed by atoms with Crippen molar-refractivity contribution in [3.63, 3.8) is 0 Å². The molecule has 32 heavy (non-hydrogen) atoms. The summed E-state index contributed by atoms with van der Waals surface area (Å²) in [6, 6.07) is -0.509. The molecule has 0 aromatic heterocycles. The van der Waals surface area contributed by atoms with Gasteiger partial charge < -0.3 is 20.1 Å². The van der Waals surface area contributed by atoms with E-state index in [1.54, 1.807) is 0 Å². The summed E-state index contributed by atoms with van der Waals surface area (Å²) in [5.41, 5.74) is 0. The summed E-state index contributed by atoms with van der Waals surface area (Å²) in [7, 11) is 0. The molecule has 0 aromatic carbocycles. The molecule has 2 aliphatic carbocycles. The first-order valence-corrected chi connectivity index (χ1v) is 13.4. The largest absolute Gasteiger partial charge is 0.465 e. The molecule has 0 spiro atoms. The summed E-state index contributed by atoms with van der Waals surface area (Å²) < 4.78 is 10.9. The van der Waals surface area contributed by atoms with Crippen LogP contribution < -0.4 is 10.6 Å². The topological polar surface area (TPSA) is 76.7 Å². The number of carbonyl (C=O) groups is 2. The van der Waals surface area contributed by atoms with Crippen molar-refractivity contribution < 1.29 is 19.1 Å². The molecular weight excluding hydrogens is 404 g/mol. The van der Waals surface area contributed by atoms with Gasteiger partial charge in [-0.2, -0.15) is 0 Å². The maximum absolute atomic E-state index is 12.6. The average molecular weight is 453 g/mol. The van der Waals surface area contributed by atoms with Crippen LogP contribution in [0.2, 0.25) is 0 Å². The van der Waals surface area contributed by atoms with Crippen molar-refractivity contribution >= 4 is 11.9 Å². The molecule has 2 fully saturated rings. The lowest BCUT2D eigenvalue weighted by molar-refractivity contribution is -0.148. The highest BCUT2D eigenvalue weighted by Crippen LogP contribution is 2.28. The van der Waals surface area contributed by atoms with E-state index in [0.717, 1.165) is 25.7 Å². The standard InChI is InChI=1S/C26H48N2O4/c1-3-17-31-25(29)23(19-21-11-7-5-8-12-21)27-15-16-28-24(26(30)32-18-4-2)20-22-13-9-6-10-14-22/h21-24,27-28H,3-20H2,1-2H3. The Hall–Kier alpha value is -1.14. The molecular formula is C26H48N2O4. The summed E-state index contributed by atoms with van der Waals surface area (Å²) >= 11 is 0. The van der Waals surface area contributed by atoms with Crippen molar-refractivity contribution in [3.8, 4) is 0 Å². The molecule has 2 atom stereocenters. The maximum atomic E-state index is 12.6. The van der Waals surface area contributed by atoms with Crippen LogP contribution in [0.1, 0.15) is 104 Å². The summed E-state index contributed by atoms with van der Waals surface area (Å²) in [5, 5.41) is 6.86. The van der Waals surface area contributed by atoms with Gasteiger partial charge in [0.05, 0.1) is 13.2 Å². The van der Waals surface area contributed by atoms with E-state index in [4.69, 9.17) is 9.47 Å². The number of hydrogen-bond acceptors (Lipinski definition) is 6. The molecule has 0 amide bonds. The van der Waals surface area contributed by atoms with Gasteiger partial charge in [-0.25, -0.2) is 0 Å². The summed E-state index contributed by atoms with van der Waals surface area (Å²) in [6.07, 6.45) is 15.9. The molecule has 0 radical (unpaired) electrons. The van der Waals surface area contributed by atoms with Crippen LogP contribution in [-0.4, -0.2) is 50.3 Å². The Labute approximate surface area is 196 Å². The molecule has 0 aliphatic heterocycles. The second kappa shape index (κ2) is 16.5. The number of ether oxygens (including phenoxy) is 2. The van der Waals surface area contributed by atoms with Crippen molar-refractivity contribution in [2.75, 3.05) is 26.3 Å². The smallest absolute Gasteiger partial charge is 0.323 e. The molecule has 0 heterocycles. The summed E-state index contributed by atoms with van der Waals surface area (Å²) in [6.45, 7) is 6.27. The van der Waals surface area contributed by atoms with Gasteiger partial charge in [-0.05, 0) is 37.5 Å². The minimum absolute atomic E-state index is 0.126. The normalized spacial score (nSPS) is 19.9. The molecule has 2 rings (SSSR count). The van der Waals surface area contributed by atoms with Gasteiger partial charge in [-0.15, -0.1) is 0 Å². The van der Waals surface area contributed by atoms with Crippen molar-refractivity contribution in [2.45, 2.75) is 116 Å². The fraction of sp³-hybridized carbons (Fsp3) is 0.923. The lowest BCUT2D eigenvalue weighted by atomic mass is 9.84. The highest BCUT2D eigenvalue weighted by Gasteiger charge is 2.27. The van der Waals surface area contributed by atoms with E-state index in [1.807, 2.05) is 13.8 Å². The van der Waals surface area contributed by atoms with Gasteiger partial charge in [-0.1, -0.05) is 78.1 Å². The lowest BCUT2D eigenvalue weighted by Crippen LogP contribution is -2.46. The molecule has 186 valence electrons. The third-order valence-electron chi connectivity index (χ3n) is 6.96. The Balaban J connectivity index is 1.83. The maximum Gasteiger partial charge on any atom is 0.323 e. The fourth-order valence-corrected chi connectivity index (χ4v) is 5.14. The van der Waals surface area contributed by atoms with Gasteiger partial charge in [0.25, 0.3) is 0 Å². The molecule has 0 aromatic rings. The van der Waals surface area contributed by atoms with Crippen LogP contribution in [0.3, 0.4) is 0 Å². The zero-order chi connectivity index (χ0) is 23.0. The highest BCUT2D eigenvalue weighted by atomic mass is 16.5. The Bertz CT molecular complexity index is 470. The van der Waals surface area contributed by atoms with Crippen molar-refractivity contribution in [1.29, 1.82) is 0 Å². The van der Waals surface area contributed by atoms with Crippen LogP contribution in [0.4, 0.5) is 0 Å². The van der Waals surface area contributed by atoms with Crippen molar-refractivity contribution in [1.82, 2.24) is 10.6 Å². The Kier molecular flexibility index (Phi) is 14.0. The first-order valence-electron chi connectivity index (χ1n) is 13.4. The van der Waals surface area contributed by atoms with E-state index in [-0.39, 0.29) is 24.0 Å². The number of esters is 2. The van der Waals surface area contributed by atoms with Crippen LogP contribution in [-0.2, 0) is 19.1 Å². The van der Waals surface area contributed by atoms with Gasteiger partial charge in [0.1, 0.15) is 12.1 Å². The first kappa shape index (κ1) is 27.1. The quantitative estimate of drug-likeness (QED) is 0.276. The van der Waals surface area contributed by atoms with Crippen molar-refractivity contribution in [2.24, 2.45) is 11.8 Å². The van der Waals surface area contributed by atoms with Gasteiger partial charge in [-0.3, -0.25) is 9.59 Å². The zero-order valence-corrected chi connectivity index (χ0v) is 20.7. The molecule has 2 saturated carbocycles. The molecule has 2 N–H and O–H groups in total. The summed E-state index contributed by atoms with van der Waals surface area (Å²) in [4.78, 5) is 25.2. The number of hydrogen-bond donors (Lipinski definition) is 2. The molecule has 2 aliphatic rings. The van der Waals surface area contributed by atoms with Gasteiger partial charge in [0, 0.05) is 13.1 Å². The fourth-order valence-electron chi connectivity index (χ4n) is 5.14. The molecule has 0 bridgehead atoms. The Morgan fingerprint density at radius 1 is 0.688 bits per heavy atom. The Morgan fingerprint density at radius 2 is 1.06 bits per heavy atom. The van der Waals surface area contributed by atoms with E-state index in [9.17, 15) is 9.59 Å². The predicted molar refractivity (Wildman–Crippen MR) is 128 cm³/mol. The first-order chi connectivity index (χ1) is 15.6. The average Bonchev–Trinajstić information content (AvgIpc) is 2.83. The minimum Gasteiger partial charge on any atom is -0.465 e. The second-order valence-corrected chi connectivity index (χ2v) is 9.83. The molecule has 6 heteroatoms. The third-order valence-corrected chi connectivity index (χ3v) is 6.96. The zero-order valence-electron chi connectivity index (χ0n) is 20.7. The van der Waals surface area contributed by atoms with Crippen LogP contribution in [0.25, 0.3) is 0 Å². The third kappa shape index (κ3) is 10.7. The lowest BCUT2D eigenvalue weighted by Gasteiger charge is -2.27. The Morgan fingerprint density at radius 3 is 1.41 bits per heavy atom. The molecule has 2 unspecified atom stereocenters. The second-order valence-electron chi connectivity index (χ2n) is 9.83. The SMILES string of the molecule is CCCOC(=O)C(CC1CCCCC1)NCCNC(CC1CCCCC1)C(=O)OCCC. The number of rotatable bonds is 15. The van der Waals surface area contributed by atoms with E-state index in [0.29, 0.717) is 38.1 Å². The monoisotopic (exact) mass is 452 g/mol. The van der Waals surface area contributed by atoms with E-state index < -0.39 is 0 Å².